The molecule has 0 bridgehead atoms. The topological polar surface area (TPSA) is 99.1 Å². The quantitative estimate of drug-likeness (QED) is 0.470. The van der Waals surface area contributed by atoms with Crippen LogP contribution in [0.4, 0.5) is 10.5 Å². The van der Waals surface area contributed by atoms with E-state index in [4.69, 9.17) is 19.7 Å². The van der Waals surface area contributed by atoms with Crippen molar-refractivity contribution in [3.8, 4) is 0 Å². The van der Waals surface area contributed by atoms with Crippen molar-refractivity contribution < 1.29 is 24.5 Å². The number of carbonyl (C=O) groups excluding carboxylic acids is 1. The summed E-state index contributed by atoms with van der Waals surface area (Å²) in [6.45, 7) is 11.7. The molecule has 0 amide bonds. The number of esters is 1. The van der Waals surface area contributed by atoms with Crippen LogP contribution in [-0.2, 0) is 4.74 Å². The van der Waals surface area contributed by atoms with E-state index >= 15 is 0 Å². The number of anilines is 1. The van der Waals surface area contributed by atoms with Gasteiger partial charge in [-0.3, -0.25) is 0 Å². The third kappa shape index (κ3) is 10.2. The first-order valence-electron chi connectivity index (χ1n) is 7.70. The van der Waals surface area contributed by atoms with Crippen LogP contribution in [0.15, 0.2) is 36.9 Å². The van der Waals surface area contributed by atoms with Gasteiger partial charge in [0.1, 0.15) is 6.61 Å². The van der Waals surface area contributed by atoms with Gasteiger partial charge in [0.2, 0.25) is 0 Å². The lowest BCUT2D eigenvalue weighted by Crippen LogP contribution is -2.27. The molecule has 0 aliphatic carbocycles. The summed E-state index contributed by atoms with van der Waals surface area (Å²) >= 11 is 0. The van der Waals surface area contributed by atoms with Gasteiger partial charge in [-0.25, -0.2) is 9.59 Å². The molecule has 1 rings (SSSR count). The fourth-order valence-corrected chi connectivity index (χ4v) is 1.80. The van der Waals surface area contributed by atoms with Crippen molar-refractivity contribution in [1.29, 1.82) is 0 Å². The average molecular weight is 338 g/mol. The molecule has 0 heterocycles. The molecule has 0 fully saturated rings. The molecule has 0 aliphatic rings. The number of nitrogens with zero attached hydrogens (tertiary/aromatic N) is 1. The van der Waals surface area contributed by atoms with E-state index < -0.39 is 6.16 Å². The van der Waals surface area contributed by atoms with Crippen LogP contribution in [0.25, 0.3) is 0 Å². The van der Waals surface area contributed by atoms with Gasteiger partial charge in [0, 0.05) is 18.8 Å². The molecule has 1 aromatic rings. The summed E-state index contributed by atoms with van der Waals surface area (Å²) in [6, 6.07) is 7.27. The predicted molar refractivity (Wildman–Crippen MR) is 93.9 cm³/mol. The Morgan fingerprint density at radius 2 is 1.75 bits per heavy atom. The highest BCUT2D eigenvalue weighted by Gasteiger charge is 2.07. The minimum absolute atomic E-state index is 0.271. The average Bonchev–Trinajstić information content (AvgIpc) is 2.56. The summed E-state index contributed by atoms with van der Waals surface area (Å²) in [6.07, 6.45) is -0.0462. The van der Waals surface area contributed by atoms with Gasteiger partial charge in [0.05, 0.1) is 5.56 Å². The number of likely N-dealkylation sites (N-methyl/N-ethyl adjacent to an activating group) is 1. The van der Waals surface area contributed by atoms with E-state index in [1.54, 1.807) is 18.2 Å². The van der Waals surface area contributed by atoms with E-state index in [0.29, 0.717) is 18.7 Å². The fraction of sp³-hybridized carbons (Fsp3) is 0.412. The second-order valence-electron chi connectivity index (χ2n) is 4.69. The lowest BCUT2D eigenvalue weighted by Gasteiger charge is -2.17. The Kier molecular flexibility index (Phi) is 11.6. The molecule has 0 saturated heterocycles. The summed E-state index contributed by atoms with van der Waals surface area (Å²) in [5.74, 6) is -0.271. The maximum Gasteiger partial charge on any atom is 0.503 e. The van der Waals surface area contributed by atoms with Crippen LogP contribution in [0.3, 0.4) is 0 Å². The van der Waals surface area contributed by atoms with Gasteiger partial charge >= 0.3 is 12.1 Å². The Morgan fingerprint density at radius 3 is 2.21 bits per heavy atom. The van der Waals surface area contributed by atoms with Crippen molar-refractivity contribution in [3.63, 3.8) is 0 Å². The van der Waals surface area contributed by atoms with Crippen molar-refractivity contribution in [2.24, 2.45) is 0 Å². The molecule has 0 unspecified atom stereocenters. The zero-order valence-corrected chi connectivity index (χ0v) is 14.2. The van der Waals surface area contributed by atoms with Crippen LogP contribution in [0.2, 0.25) is 0 Å². The lowest BCUT2D eigenvalue weighted by molar-refractivity contribution is 0.0466. The Labute approximate surface area is 142 Å². The highest BCUT2D eigenvalue weighted by atomic mass is 16.6. The van der Waals surface area contributed by atoms with E-state index in [2.05, 4.69) is 30.6 Å². The predicted octanol–water partition coefficient (Wildman–Crippen LogP) is 3.01. The monoisotopic (exact) mass is 338 g/mol. The number of ether oxygens (including phenoxy) is 1. The first kappa shape index (κ1) is 21.5. The maximum absolute atomic E-state index is 11.9. The Hall–Kier alpha value is -2.54. The number of nitrogens with one attached hydrogen (secondary N) is 1. The van der Waals surface area contributed by atoms with Crippen LogP contribution >= 0.6 is 0 Å². The molecule has 0 saturated carbocycles. The number of hydrogen-bond acceptors (Lipinski definition) is 5. The molecular formula is C17H26N2O5. The number of carboxylic acid groups (broad SMARTS) is 2. The highest BCUT2D eigenvalue weighted by molar-refractivity contribution is 5.89. The second-order valence-corrected chi connectivity index (χ2v) is 4.69. The van der Waals surface area contributed by atoms with E-state index in [-0.39, 0.29) is 5.97 Å². The second kappa shape index (κ2) is 13.0. The van der Waals surface area contributed by atoms with Crippen LogP contribution in [0.5, 0.6) is 0 Å². The molecule has 7 heteroatoms. The smallest absolute Gasteiger partial charge is 0.461 e. The largest absolute Gasteiger partial charge is 0.503 e. The van der Waals surface area contributed by atoms with Crippen molar-refractivity contribution >= 4 is 17.8 Å². The molecule has 24 heavy (non-hydrogen) atoms. The van der Waals surface area contributed by atoms with Gasteiger partial charge in [0.15, 0.2) is 0 Å². The molecule has 3 N–H and O–H groups in total. The highest BCUT2D eigenvalue weighted by Crippen LogP contribution is 2.10. The van der Waals surface area contributed by atoms with Gasteiger partial charge in [-0.05, 0) is 37.4 Å². The standard InChI is InChI=1S/C16H24N2O2.CH2O3/c1-4-11-17-15-9-7-14(8-10-15)16(19)20-13-12-18(5-2)6-3;2-1(3)4/h4,7-10,17H,1,5-6,11-13H2,2-3H3;(H2,2,3,4). The molecular weight excluding hydrogens is 312 g/mol. The van der Waals surface area contributed by atoms with Crippen LogP contribution in [0.1, 0.15) is 24.2 Å². The lowest BCUT2D eigenvalue weighted by atomic mass is 10.2. The van der Waals surface area contributed by atoms with E-state index in [1.165, 1.54) is 0 Å². The number of hydrogen-bond donors (Lipinski definition) is 3. The first-order chi connectivity index (χ1) is 11.4. The van der Waals surface area contributed by atoms with Crippen molar-refractivity contribution in [1.82, 2.24) is 4.90 Å². The number of rotatable bonds is 9. The van der Waals surface area contributed by atoms with E-state index in [9.17, 15) is 4.79 Å². The third-order valence-electron chi connectivity index (χ3n) is 3.11. The van der Waals surface area contributed by atoms with Gasteiger partial charge in [-0.1, -0.05) is 19.9 Å². The first-order valence-corrected chi connectivity index (χ1v) is 7.70. The molecule has 0 aliphatic heterocycles. The fourth-order valence-electron chi connectivity index (χ4n) is 1.80. The summed E-state index contributed by atoms with van der Waals surface area (Å²) in [5.41, 5.74) is 1.54. The summed E-state index contributed by atoms with van der Waals surface area (Å²) in [7, 11) is 0. The zero-order valence-electron chi connectivity index (χ0n) is 14.2. The van der Waals surface area contributed by atoms with Crippen LogP contribution in [-0.4, -0.2) is 60.0 Å². The molecule has 1 aromatic carbocycles. The van der Waals surface area contributed by atoms with Gasteiger partial charge in [-0.2, -0.15) is 0 Å². The number of benzene rings is 1. The molecule has 134 valence electrons. The van der Waals surface area contributed by atoms with Gasteiger partial charge < -0.3 is 25.2 Å². The molecule has 7 nitrogen and oxygen atoms in total. The third-order valence-corrected chi connectivity index (χ3v) is 3.11. The minimum atomic E-state index is -1.83. The minimum Gasteiger partial charge on any atom is -0.461 e. The molecule has 0 radical (unpaired) electrons. The van der Waals surface area contributed by atoms with Crippen LogP contribution < -0.4 is 5.32 Å². The molecule has 0 spiro atoms. The van der Waals surface area contributed by atoms with Gasteiger partial charge in [-0.15, -0.1) is 6.58 Å². The van der Waals surface area contributed by atoms with E-state index in [1.807, 2.05) is 12.1 Å². The molecule has 0 aromatic heterocycles. The SMILES string of the molecule is C=CCNc1ccc(C(=O)OCCN(CC)CC)cc1.O=C(O)O. The van der Waals surface area contributed by atoms with Crippen molar-refractivity contribution in [3.05, 3.63) is 42.5 Å². The van der Waals surface area contributed by atoms with E-state index in [0.717, 1.165) is 25.3 Å². The van der Waals surface area contributed by atoms with Crippen molar-refractivity contribution in [2.45, 2.75) is 13.8 Å². The van der Waals surface area contributed by atoms with Crippen LogP contribution in [0, 0.1) is 0 Å². The Bertz CT molecular complexity index is 494. The normalized spacial score (nSPS) is 9.62. The number of carbonyl (C=O) groups is 2. The Balaban J connectivity index is 0.00000118. The summed E-state index contributed by atoms with van der Waals surface area (Å²) in [5, 5.41) is 17.1. The van der Waals surface area contributed by atoms with Gasteiger partial charge in [0.25, 0.3) is 0 Å². The Morgan fingerprint density at radius 1 is 1.21 bits per heavy atom. The zero-order chi connectivity index (χ0) is 18.4. The van der Waals surface area contributed by atoms with Crippen molar-refractivity contribution in [2.75, 3.05) is 38.1 Å². The summed E-state index contributed by atoms with van der Waals surface area (Å²) < 4.78 is 5.27. The summed E-state index contributed by atoms with van der Waals surface area (Å²) in [4.78, 5) is 22.6. The molecule has 0 atom stereocenters. The maximum atomic E-state index is 11.9.